The summed E-state index contributed by atoms with van der Waals surface area (Å²) in [5, 5.41) is 12.3. The highest BCUT2D eigenvalue weighted by atomic mass is 79.9. The van der Waals surface area contributed by atoms with Crippen LogP contribution >= 0.6 is 31.9 Å². The Labute approximate surface area is 139 Å². The van der Waals surface area contributed by atoms with Crippen LogP contribution in [-0.2, 0) is 6.42 Å². The average Bonchev–Trinajstić information content (AvgIpc) is 2.42. The second kappa shape index (κ2) is 7.04. The summed E-state index contributed by atoms with van der Waals surface area (Å²) in [5.74, 6) is -0.422. The first kappa shape index (κ1) is 16.0. The van der Waals surface area contributed by atoms with Crippen molar-refractivity contribution in [1.82, 2.24) is 4.98 Å². The third-order valence-corrected chi connectivity index (χ3v) is 3.97. The van der Waals surface area contributed by atoms with Crippen molar-refractivity contribution in [3.8, 4) is 0 Å². The highest BCUT2D eigenvalue weighted by Gasteiger charge is 2.09. The molecule has 0 atom stereocenters. The Morgan fingerprint density at radius 3 is 2.67 bits per heavy atom. The summed E-state index contributed by atoms with van der Waals surface area (Å²) in [5.41, 5.74) is 1.84. The minimum absolute atomic E-state index is 0.240. The normalized spacial score (nSPS) is 10.4. The highest BCUT2D eigenvalue weighted by Crippen LogP contribution is 2.28. The molecule has 6 heteroatoms. The van der Waals surface area contributed by atoms with E-state index in [0.29, 0.717) is 5.82 Å². The van der Waals surface area contributed by atoms with Crippen LogP contribution in [0.4, 0.5) is 11.5 Å². The van der Waals surface area contributed by atoms with E-state index in [-0.39, 0.29) is 5.56 Å². The summed E-state index contributed by atoms with van der Waals surface area (Å²) < 4.78 is 1.83. The standard InChI is InChI=1S/C15H14Br2N2O2/c1-2-3-11-6-9(15(20)21)7-14(18-11)19-13-5-4-10(16)8-12(13)17/h4-8H,2-3H2,1H3,(H,18,19)(H,20,21). The summed E-state index contributed by atoms with van der Waals surface area (Å²) in [6.45, 7) is 2.04. The van der Waals surface area contributed by atoms with Crippen LogP contribution in [-0.4, -0.2) is 16.1 Å². The number of rotatable bonds is 5. The lowest BCUT2D eigenvalue weighted by Crippen LogP contribution is -2.04. The number of anilines is 2. The predicted octanol–water partition coefficient (Wildman–Crippen LogP) is 5.00. The Bertz CT molecular complexity index is 675. The zero-order chi connectivity index (χ0) is 15.4. The van der Waals surface area contributed by atoms with Gasteiger partial charge in [0.2, 0.25) is 0 Å². The molecule has 0 aliphatic heterocycles. The van der Waals surface area contributed by atoms with Gasteiger partial charge >= 0.3 is 5.97 Å². The molecule has 0 saturated heterocycles. The van der Waals surface area contributed by atoms with Gasteiger partial charge in [-0.25, -0.2) is 9.78 Å². The highest BCUT2D eigenvalue weighted by molar-refractivity contribution is 9.11. The number of aromatic carboxylic acids is 1. The maximum absolute atomic E-state index is 11.2. The SMILES string of the molecule is CCCc1cc(C(=O)O)cc(Nc2ccc(Br)cc2Br)n1. The Kier molecular flexibility index (Phi) is 5.36. The van der Waals surface area contributed by atoms with Crippen LogP contribution in [0.3, 0.4) is 0 Å². The number of pyridine rings is 1. The van der Waals surface area contributed by atoms with Crippen LogP contribution in [0.1, 0.15) is 29.4 Å². The van der Waals surface area contributed by atoms with Crippen LogP contribution < -0.4 is 5.32 Å². The minimum Gasteiger partial charge on any atom is -0.478 e. The van der Waals surface area contributed by atoms with E-state index < -0.39 is 5.97 Å². The smallest absolute Gasteiger partial charge is 0.335 e. The summed E-state index contributed by atoms with van der Waals surface area (Å²) in [7, 11) is 0. The van der Waals surface area contributed by atoms with Gasteiger partial charge in [-0.3, -0.25) is 0 Å². The van der Waals surface area contributed by atoms with Gasteiger partial charge in [0.05, 0.1) is 11.3 Å². The Morgan fingerprint density at radius 1 is 1.29 bits per heavy atom. The Hall–Kier alpha value is -1.40. The molecule has 0 fully saturated rings. The number of hydrogen-bond acceptors (Lipinski definition) is 3. The molecule has 1 aromatic carbocycles. The molecule has 1 heterocycles. The van der Waals surface area contributed by atoms with E-state index in [1.54, 1.807) is 6.07 Å². The van der Waals surface area contributed by atoms with Gasteiger partial charge in [-0.15, -0.1) is 0 Å². The van der Waals surface area contributed by atoms with Gasteiger partial charge < -0.3 is 10.4 Å². The lowest BCUT2D eigenvalue weighted by molar-refractivity contribution is 0.0696. The van der Waals surface area contributed by atoms with E-state index in [4.69, 9.17) is 0 Å². The van der Waals surface area contributed by atoms with E-state index in [1.807, 2.05) is 25.1 Å². The molecule has 4 nitrogen and oxygen atoms in total. The van der Waals surface area contributed by atoms with E-state index in [0.717, 1.165) is 33.2 Å². The van der Waals surface area contributed by atoms with Crippen molar-refractivity contribution < 1.29 is 9.90 Å². The predicted molar refractivity (Wildman–Crippen MR) is 90.3 cm³/mol. The Balaban J connectivity index is 2.36. The fraction of sp³-hybridized carbons (Fsp3) is 0.200. The van der Waals surface area contributed by atoms with Gasteiger partial charge in [-0.1, -0.05) is 29.3 Å². The van der Waals surface area contributed by atoms with Crippen molar-refractivity contribution in [2.24, 2.45) is 0 Å². The number of benzene rings is 1. The number of hydrogen-bond donors (Lipinski definition) is 2. The molecule has 0 saturated carbocycles. The molecular weight excluding hydrogens is 400 g/mol. The molecule has 0 bridgehead atoms. The first-order valence-corrected chi connectivity index (χ1v) is 8.04. The maximum atomic E-state index is 11.2. The van der Waals surface area contributed by atoms with Crippen molar-refractivity contribution in [3.05, 3.63) is 50.5 Å². The zero-order valence-corrected chi connectivity index (χ0v) is 14.5. The number of halogens is 2. The van der Waals surface area contributed by atoms with E-state index >= 15 is 0 Å². The Morgan fingerprint density at radius 2 is 2.05 bits per heavy atom. The van der Waals surface area contributed by atoms with Crippen molar-refractivity contribution in [2.45, 2.75) is 19.8 Å². The largest absolute Gasteiger partial charge is 0.478 e. The third kappa shape index (κ3) is 4.28. The van der Waals surface area contributed by atoms with Gasteiger partial charge in [-0.05, 0) is 52.7 Å². The molecular formula is C15H14Br2N2O2. The van der Waals surface area contributed by atoms with Gasteiger partial charge in [0.25, 0.3) is 0 Å². The summed E-state index contributed by atoms with van der Waals surface area (Å²) in [6.07, 6.45) is 1.66. The molecule has 0 unspecified atom stereocenters. The molecule has 2 rings (SSSR count). The van der Waals surface area contributed by atoms with Gasteiger partial charge in [0.1, 0.15) is 5.82 Å². The number of carboxylic acids is 1. The lowest BCUT2D eigenvalue weighted by atomic mass is 10.1. The number of nitrogens with zero attached hydrogens (tertiary/aromatic N) is 1. The monoisotopic (exact) mass is 412 g/mol. The van der Waals surface area contributed by atoms with Gasteiger partial charge in [0, 0.05) is 14.6 Å². The van der Waals surface area contributed by atoms with Crippen LogP contribution in [0.2, 0.25) is 0 Å². The molecule has 2 aromatic rings. The molecule has 0 amide bonds. The fourth-order valence-electron chi connectivity index (χ4n) is 1.89. The zero-order valence-electron chi connectivity index (χ0n) is 11.4. The summed E-state index contributed by atoms with van der Waals surface area (Å²) in [6, 6.07) is 8.86. The van der Waals surface area contributed by atoms with Gasteiger partial charge in [-0.2, -0.15) is 0 Å². The van der Waals surface area contributed by atoms with E-state index in [2.05, 4.69) is 42.2 Å². The fourth-order valence-corrected chi connectivity index (χ4v) is 3.03. The number of aromatic nitrogens is 1. The summed E-state index contributed by atoms with van der Waals surface area (Å²) >= 11 is 6.86. The minimum atomic E-state index is -0.951. The van der Waals surface area contributed by atoms with Crippen molar-refractivity contribution in [1.29, 1.82) is 0 Å². The van der Waals surface area contributed by atoms with Gasteiger partial charge in [0.15, 0.2) is 0 Å². The lowest BCUT2D eigenvalue weighted by Gasteiger charge is -2.11. The number of aryl methyl sites for hydroxylation is 1. The molecule has 1 aromatic heterocycles. The van der Waals surface area contributed by atoms with Crippen LogP contribution in [0.5, 0.6) is 0 Å². The second-order valence-electron chi connectivity index (χ2n) is 4.54. The first-order chi connectivity index (χ1) is 9.99. The van der Waals surface area contributed by atoms with Crippen molar-refractivity contribution in [2.75, 3.05) is 5.32 Å². The maximum Gasteiger partial charge on any atom is 0.335 e. The molecule has 0 aliphatic carbocycles. The van der Waals surface area contributed by atoms with Crippen LogP contribution in [0, 0.1) is 0 Å². The number of carboxylic acid groups (broad SMARTS) is 1. The van der Waals surface area contributed by atoms with E-state index in [1.165, 1.54) is 6.07 Å². The molecule has 110 valence electrons. The summed E-state index contributed by atoms with van der Waals surface area (Å²) in [4.78, 5) is 15.7. The van der Waals surface area contributed by atoms with Crippen molar-refractivity contribution in [3.63, 3.8) is 0 Å². The molecule has 2 N–H and O–H groups in total. The average molecular weight is 414 g/mol. The third-order valence-electron chi connectivity index (χ3n) is 2.83. The quantitative estimate of drug-likeness (QED) is 0.723. The number of carbonyl (C=O) groups is 1. The topological polar surface area (TPSA) is 62.2 Å². The first-order valence-electron chi connectivity index (χ1n) is 6.46. The van der Waals surface area contributed by atoms with Crippen molar-refractivity contribution >= 4 is 49.3 Å². The molecule has 0 spiro atoms. The van der Waals surface area contributed by atoms with E-state index in [9.17, 15) is 9.90 Å². The van der Waals surface area contributed by atoms with Crippen LogP contribution in [0.15, 0.2) is 39.3 Å². The molecule has 0 radical (unpaired) electrons. The van der Waals surface area contributed by atoms with Crippen LogP contribution in [0.25, 0.3) is 0 Å². The molecule has 0 aliphatic rings. The number of nitrogens with one attached hydrogen (secondary N) is 1. The second-order valence-corrected chi connectivity index (χ2v) is 6.31. The molecule has 21 heavy (non-hydrogen) atoms.